The second kappa shape index (κ2) is 8.55. The van der Waals surface area contributed by atoms with Gasteiger partial charge < -0.3 is 10.2 Å². The zero-order chi connectivity index (χ0) is 22.1. The minimum Gasteiger partial charge on any atom is -0.337 e. The van der Waals surface area contributed by atoms with Crippen molar-refractivity contribution in [2.24, 2.45) is 0 Å². The summed E-state index contributed by atoms with van der Waals surface area (Å²) in [4.78, 5) is 40.7. The molecule has 2 aromatic rings. The zero-order valence-corrected chi connectivity index (χ0v) is 18.6. The highest BCUT2D eigenvalue weighted by atomic mass is 79.9. The van der Waals surface area contributed by atoms with Gasteiger partial charge in [-0.2, -0.15) is 0 Å². The topological polar surface area (TPSA) is 69.7 Å². The van der Waals surface area contributed by atoms with Crippen LogP contribution in [0.2, 0.25) is 0 Å². The molecule has 1 fully saturated rings. The van der Waals surface area contributed by atoms with E-state index in [1.54, 1.807) is 38.1 Å². The number of hydrogen-bond acceptors (Lipinski definition) is 3. The van der Waals surface area contributed by atoms with E-state index in [0.29, 0.717) is 22.1 Å². The fraction of sp³-hybridized carbons (Fsp3) is 0.318. The summed E-state index contributed by atoms with van der Waals surface area (Å²) in [5.41, 5.74) is 0.786. The van der Waals surface area contributed by atoms with E-state index in [-0.39, 0.29) is 6.54 Å². The van der Waals surface area contributed by atoms with Crippen LogP contribution in [0.1, 0.15) is 30.5 Å². The number of likely N-dealkylation sites (N-methyl/N-ethyl adjacent to an activating group) is 1. The standard InChI is InChI=1S/C22H23BrFN3O3/c1-4-26(12-15-11-17(23)9-10-18(15)24)19(28)13-27-20(29)22(3,25-21(27)30)16-7-5-14(2)6-8-16/h5-11H,4,12-13H2,1-3H3,(H,25,30). The molecule has 8 heteroatoms. The third-order valence-electron chi connectivity index (χ3n) is 5.30. The van der Waals surface area contributed by atoms with E-state index < -0.39 is 35.7 Å². The molecule has 1 saturated heterocycles. The number of hydrogen-bond donors (Lipinski definition) is 1. The number of benzene rings is 2. The van der Waals surface area contributed by atoms with Gasteiger partial charge in [0.25, 0.3) is 5.91 Å². The molecule has 1 atom stereocenters. The number of nitrogens with zero attached hydrogens (tertiary/aromatic N) is 2. The third-order valence-corrected chi connectivity index (χ3v) is 5.79. The van der Waals surface area contributed by atoms with E-state index in [2.05, 4.69) is 21.2 Å². The number of carbonyl (C=O) groups excluding carboxylic acids is 3. The monoisotopic (exact) mass is 475 g/mol. The fourth-order valence-electron chi connectivity index (χ4n) is 3.40. The minimum atomic E-state index is -1.24. The molecule has 1 aliphatic rings. The van der Waals surface area contributed by atoms with E-state index in [4.69, 9.17) is 0 Å². The van der Waals surface area contributed by atoms with Gasteiger partial charge in [-0.05, 0) is 44.5 Å². The van der Waals surface area contributed by atoms with Gasteiger partial charge in [-0.25, -0.2) is 9.18 Å². The molecule has 0 bridgehead atoms. The number of nitrogens with one attached hydrogen (secondary N) is 1. The van der Waals surface area contributed by atoms with E-state index in [9.17, 15) is 18.8 Å². The molecule has 1 aliphatic heterocycles. The van der Waals surface area contributed by atoms with Gasteiger partial charge in [0.15, 0.2) is 0 Å². The molecule has 1 N–H and O–H groups in total. The molecule has 0 aromatic heterocycles. The molecule has 0 saturated carbocycles. The second-order valence-corrected chi connectivity index (χ2v) is 8.37. The van der Waals surface area contributed by atoms with E-state index in [1.807, 2.05) is 19.1 Å². The molecular weight excluding hydrogens is 453 g/mol. The highest BCUT2D eigenvalue weighted by Crippen LogP contribution is 2.29. The van der Waals surface area contributed by atoms with Crippen molar-refractivity contribution in [1.82, 2.24) is 15.1 Å². The smallest absolute Gasteiger partial charge is 0.325 e. The Kier molecular flexibility index (Phi) is 6.26. The highest BCUT2D eigenvalue weighted by molar-refractivity contribution is 9.10. The van der Waals surface area contributed by atoms with Gasteiger partial charge in [0, 0.05) is 23.1 Å². The van der Waals surface area contributed by atoms with Crippen molar-refractivity contribution in [3.8, 4) is 0 Å². The molecule has 0 radical (unpaired) electrons. The van der Waals surface area contributed by atoms with E-state index in [1.165, 1.54) is 11.0 Å². The summed E-state index contributed by atoms with van der Waals surface area (Å²) in [6.07, 6.45) is 0. The van der Waals surface area contributed by atoms with Crippen LogP contribution in [0.3, 0.4) is 0 Å². The van der Waals surface area contributed by atoms with Crippen molar-refractivity contribution in [3.63, 3.8) is 0 Å². The number of urea groups is 1. The Hall–Kier alpha value is -2.74. The van der Waals surface area contributed by atoms with E-state index >= 15 is 0 Å². The maximum Gasteiger partial charge on any atom is 0.325 e. The average Bonchev–Trinajstić information content (AvgIpc) is 2.92. The van der Waals surface area contributed by atoms with Crippen LogP contribution in [0.15, 0.2) is 46.9 Å². The first kappa shape index (κ1) is 22.0. The van der Waals surface area contributed by atoms with Crippen LogP contribution >= 0.6 is 15.9 Å². The van der Waals surface area contributed by atoms with Crippen LogP contribution in [0.25, 0.3) is 0 Å². The van der Waals surface area contributed by atoms with Crippen molar-refractivity contribution in [2.45, 2.75) is 32.9 Å². The molecule has 6 nitrogen and oxygen atoms in total. The van der Waals surface area contributed by atoms with E-state index in [0.717, 1.165) is 10.5 Å². The van der Waals surface area contributed by atoms with Gasteiger partial charge in [-0.15, -0.1) is 0 Å². The van der Waals surface area contributed by atoms with Gasteiger partial charge in [0.2, 0.25) is 5.91 Å². The lowest BCUT2D eigenvalue weighted by Crippen LogP contribution is -2.44. The largest absolute Gasteiger partial charge is 0.337 e. The van der Waals surface area contributed by atoms with Gasteiger partial charge >= 0.3 is 6.03 Å². The Labute approximate surface area is 183 Å². The number of aryl methyl sites for hydroxylation is 1. The Morgan fingerprint density at radius 3 is 2.50 bits per heavy atom. The number of carbonyl (C=O) groups is 3. The Balaban J connectivity index is 1.76. The molecule has 1 unspecified atom stereocenters. The summed E-state index contributed by atoms with van der Waals surface area (Å²) in [6.45, 7) is 5.26. The van der Waals surface area contributed by atoms with Crippen LogP contribution in [0.4, 0.5) is 9.18 Å². The number of rotatable bonds is 6. The first-order chi connectivity index (χ1) is 14.2. The molecule has 0 aliphatic carbocycles. The lowest BCUT2D eigenvalue weighted by atomic mass is 9.91. The number of imide groups is 1. The molecule has 1 heterocycles. The van der Waals surface area contributed by atoms with Crippen molar-refractivity contribution in [3.05, 3.63) is 69.4 Å². The predicted octanol–water partition coefficient (Wildman–Crippen LogP) is 3.71. The SMILES string of the molecule is CCN(Cc1cc(Br)ccc1F)C(=O)CN1C(=O)NC(C)(c2ccc(C)cc2)C1=O. The minimum absolute atomic E-state index is 0.0412. The van der Waals surface area contributed by atoms with Crippen molar-refractivity contribution >= 4 is 33.8 Å². The van der Waals surface area contributed by atoms with Crippen molar-refractivity contribution in [2.75, 3.05) is 13.1 Å². The molecular formula is C22H23BrFN3O3. The van der Waals surface area contributed by atoms with Crippen LogP contribution in [-0.2, 0) is 21.7 Å². The van der Waals surface area contributed by atoms with Crippen molar-refractivity contribution < 1.29 is 18.8 Å². The molecule has 30 heavy (non-hydrogen) atoms. The Morgan fingerprint density at radius 2 is 1.87 bits per heavy atom. The number of amides is 4. The first-order valence-corrected chi connectivity index (χ1v) is 10.4. The van der Waals surface area contributed by atoms with Gasteiger partial charge in [0.1, 0.15) is 17.9 Å². The van der Waals surface area contributed by atoms with Crippen LogP contribution in [0, 0.1) is 12.7 Å². The lowest BCUT2D eigenvalue weighted by Gasteiger charge is -2.25. The Morgan fingerprint density at radius 1 is 1.20 bits per heavy atom. The van der Waals surface area contributed by atoms with Crippen LogP contribution < -0.4 is 5.32 Å². The summed E-state index contributed by atoms with van der Waals surface area (Å²) in [5, 5.41) is 2.69. The molecule has 158 valence electrons. The summed E-state index contributed by atoms with van der Waals surface area (Å²) in [5.74, 6) is -1.35. The number of halogens is 2. The van der Waals surface area contributed by atoms with Crippen LogP contribution in [-0.4, -0.2) is 40.7 Å². The first-order valence-electron chi connectivity index (χ1n) is 9.58. The molecule has 2 aromatic carbocycles. The predicted molar refractivity (Wildman–Crippen MR) is 114 cm³/mol. The maximum atomic E-state index is 14.1. The fourth-order valence-corrected chi connectivity index (χ4v) is 3.81. The van der Waals surface area contributed by atoms with Crippen molar-refractivity contribution in [1.29, 1.82) is 0 Å². The quantitative estimate of drug-likeness (QED) is 0.647. The molecule has 0 spiro atoms. The third kappa shape index (κ3) is 4.23. The van der Waals surface area contributed by atoms with Gasteiger partial charge in [0.05, 0.1) is 0 Å². The second-order valence-electron chi connectivity index (χ2n) is 7.46. The summed E-state index contributed by atoms with van der Waals surface area (Å²) in [6, 6.07) is 11.2. The Bertz CT molecular complexity index is 996. The van der Waals surface area contributed by atoms with Gasteiger partial charge in [-0.1, -0.05) is 45.8 Å². The van der Waals surface area contributed by atoms with Crippen LogP contribution in [0.5, 0.6) is 0 Å². The highest BCUT2D eigenvalue weighted by Gasteiger charge is 2.49. The molecule has 4 amide bonds. The summed E-state index contributed by atoms with van der Waals surface area (Å²) >= 11 is 3.30. The average molecular weight is 476 g/mol. The lowest BCUT2D eigenvalue weighted by molar-refractivity contribution is -0.139. The molecule has 3 rings (SSSR count). The zero-order valence-electron chi connectivity index (χ0n) is 17.0. The normalized spacial score (nSPS) is 18.5. The summed E-state index contributed by atoms with van der Waals surface area (Å²) < 4.78 is 14.8. The van der Waals surface area contributed by atoms with Gasteiger partial charge in [-0.3, -0.25) is 14.5 Å². The maximum absolute atomic E-state index is 14.1. The summed E-state index contributed by atoms with van der Waals surface area (Å²) in [7, 11) is 0.